The van der Waals surface area contributed by atoms with Crippen LogP contribution in [0.15, 0.2) is 29.2 Å². The van der Waals surface area contributed by atoms with E-state index in [1.807, 2.05) is 24.3 Å². The first-order chi connectivity index (χ1) is 10.1. The van der Waals surface area contributed by atoms with Crippen LogP contribution in [0.5, 0.6) is 0 Å². The summed E-state index contributed by atoms with van der Waals surface area (Å²) in [5, 5.41) is 9.64. The molecule has 21 heavy (non-hydrogen) atoms. The Labute approximate surface area is 133 Å². The molecule has 1 amide bonds. The Morgan fingerprint density at radius 1 is 1.24 bits per heavy atom. The first-order valence-electron chi connectivity index (χ1n) is 6.95. The highest BCUT2D eigenvalue weighted by atomic mass is 35.5. The van der Waals surface area contributed by atoms with Crippen LogP contribution in [0.25, 0.3) is 0 Å². The normalized spacial score (nSPS) is 16.0. The summed E-state index contributed by atoms with van der Waals surface area (Å²) in [7, 11) is 0. The first kappa shape index (κ1) is 16.2. The van der Waals surface area contributed by atoms with Gasteiger partial charge in [-0.15, -0.1) is 11.8 Å². The van der Waals surface area contributed by atoms with E-state index >= 15 is 0 Å². The van der Waals surface area contributed by atoms with Crippen LogP contribution in [0.1, 0.15) is 19.3 Å². The Kier molecular flexibility index (Phi) is 5.94. The molecule has 1 heterocycles. The van der Waals surface area contributed by atoms with Crippen LogP contribution in [0.3, 0.4) is 0 Å². The fraction of sp³-hybridized carbons (Fsp3) is 0.467. The molecule has 1 aliphatic rings. The van der Waals surface area contributed by atoms with Gasteiger partial charge < -0.3 is 10.0 Å². The fourth-order valence-corrected chi connectivity index (χ4v) is 3.29. The molecule has 1 aromatic rings. The van der Waals surface area contributed by atoms with Gasteiger partial charge in [0.05, 0.1) is 5.92 Å². The maximum Gasteiger partial charge on any atom is 0.306 e. The van der Waals surface area contributed by atoms with Crippen molar-refractivity contribution in [3.63, 3.8) is 0 Å². The van der Waals surface area contributed by atoms with E-state index in [0.29, 0.717) is 37.4 Å². The zero-order valence-corrected chi connectivity index (χ0v) is 13.2. The number of carboxylic acids is 1. The van der Waals surface area contributed by atoms with E-state index in [4.69, 9.17) is 16.7 Å². The number of thioether (sulfide) groups is 1. The molecular weight excluding hydrogens is 310 g/mol. The number of benzene rings is 1. The number of piperidine rings is 1. The van der Waals surface area contributed by atoms with Gasteiger partial charge in [-0.3, -0.25) is 9.59 Å². The molecule has 0 bridgehead atoms. The van der Waals surface area contributed by atoms with Crippen LogP contribution in [-0.2, 0) is 9.59 Å². The smallest absolute Gasteiger partial charge is 0.306 e. The number of aliphatic carboxylic acids is 1. The maximum absolute atomic E-state index is 12.1. The molecule has 0 spiro atoms. The summed E-state index contributed by atoms with van der Waals surface area (Å²) in [5.41, 5.74) is 0. The molecule has 6 heteroatoms. The second kappa shape index (κ2) is 7.71. The zero-order valence-electron chi connectivity index (χ0n) is 11.6. The van der Waals surface area contributed by atoms with Gasteiger partial charge in [-0.2, -0.15) is 0 Å². The molecule has 1 fully saturated rings. The monoisotopic (exact) mass is 327 g/mol. The second-order valence-corrected chi connectivity index (χ2v) is 6.65. The van der Waals surface area contributed by atoms with Gasteiger partial charge in [0.25, 0.3) is 0 Å². The van der Waals surface area contributed by atoms with Crippen molar-refractivity contribution in [1.29, 1.82) is 0 Å². The molecule has 1 saturated heterocycles. The van der Waals surface area contributed by atoms with E-state index < -0.39 is 5.97 Å². The molecule has 0 saturated carbocycles. The molecule has 1 aliphatic heterocycles. The highest BCUT2D eigenvalue weighted by Gasteiger charge is 2.26. The van der Waals surface area contributed by atoms with E-state index in [1.54, 1.807) is 16.7 Å². The second-order valence-electron chi connectivity index (χ2n) is 5.05. The molecule has 0 unspecified atom stereocenters. The topological polar surface area (TPSA) is 57.6 Å². The summed E-state index contributed by atoms with van der Waals surface area (Å²) < 4.78 is 0. The number of rotatable bonds is 5. The Balaban J connectivity index is 1.70. The van der Waals surface area contributed by atoms with Gasteiger partial charge in [0.1, 0.15) is 0 Å². The summed E-state index contributed by atoms with van der Waals surface area (Å²) in [5.74, 6) is -0.211. The number of amides is 1. The van der Waals surface area contributed by atoms with Crippen molar-refractivity contribution in [3.05, 3.63) is 29.3 Å². The third-order valence-electron chi connectivity index (χ3n) is 3.60. The zero-order chi connectivity index (χ0) is 15.2. The first-order valence-corrected chi connectivity index (χ1v) is 8.31. The number of carbonyl (C=O) groups excluding carboxylic acids is 1. The lowest BCUT2D eigenvalue weighted by atomic mass is 9.97. The minimum absolute atomic E-state index is 0.111. The van der Waals surface area contributed by atoms with Gasteiger partial charge in [-0.05, 0) is 37.1 Å². The Hall–Kier alpha value is -1.20. The number of carbonyl (C=O) groups is 2. The van der Waals surface area contributed by atoms with Gasteiger partial charge in [-0.25, -0.2) is 0 Å². The number of hydrogen-bond acceptors (Lipinski definition) is 3. The number of nitrogens with zero attached hydrogens (tertiary/aromatic N) is 1. The third kappa shape index (κ3) is 4.93. The average Bonchev–Trinajstić information content (AvgIpc) is 2.49. The van der Waals surface area contributed by atoms with Crippen molar-refractivity contribution in [2.24, 2.45) is 5.92 Å². The SMILES string of the molecule is O=C(O)C1CCN(C(=O)CCSc2ccc(Cl)cc2)CC1. The number of carboxylic acid groups (broad SMARTS) is 1. The van der Waals surface area contributed by atoms with Crippen molar-refractivity contribution in [2.45, 2.75) is 24.2 Å². The molecule has 2 rings (SSSR count). The van der Waals surface area contributed by atoms with Gasteiger partial charge >= 0.3 is 5.97 Å². The van der Waals surface area contributed by atoms with Crippen LogP contribution in [0, 0.1) is 5.92 Å². The van der Waals surface area contributed by atoms with Crippen molar-refractivity contribution in [3.8, 4) is 0 Å². The fourth-order valence-electron chi connectivity index (χ4n) is 2.32. The molecule has 0 aromatic heterocycles. The summed E-state index contributed by atoms with van der Waals surface area (Å²) in [6.45, 7) is 1.11. The number of hydrogen-bond donors (Lipinski definition) is 1. The van der Waals surface area contributed by atoms with Crippen LogP contribution < -0.4 is 0 Å². The molecule has 114 valence electrons. The van der Waals surface area contributed by atoms with E-state index in [0.717, 1.165) is 10.6 Å². The standard InChI is InChI=1S/C15H18ClNO3S/c16-12-1-3-13(4-2-12)21-10-7-14(18)17-8-5-11(6-9-17)15(19)20/h1-4,11H,5-10H2,(H,19,20). The molecular formula is C15H18ClNO3S. The summed E-state index contributed by atoms with van der Waals surface area (Å²) in [6, 6.07) is 7.55. The minimum Gasteiger partial charge on any atom is -0.481 e. The van der Waals surface area contributed by atoms with Crippen molar-refractivity contribution >= 4 is 35.2 Å². The lowest BCUT2D eigenvalue weighted by Crippen LogP contribution is -2.40. The lowest BCUT2D eigenvalue weighted by Gasteiger charge is -2.30. The molecule has 4 nitrogen and oxygen atoms in total. The largest absolute Gasteiger partial charge is 0.481 e. The predicted molar refractivity (Wildman–Crippen MR) is 83.7 cm³/mol. The van der Waals surface area contributed by atoms with E-state index in [1.165, 1.54) is 0 Å². The van der Waals surface area contributed by atoms with E-state index in [2.05, 4.69) is 0 Å². The number of likely N-dealkylation sites (tertiary alicyclic amines) is 1. The van der Waals surface area contributed by atoms with Gasteiger partial charge in [0, 0.05) is 35.2 Å². The molecule has 0 radical (unpaired) electrons. The van der Waals surface area contributed by atoms with Crippen LogP contribution in [0.4, 0.5) is 0 Å². The van der Waals surface area contributed by atoms with E-state index in [9.17, 15) is 9.59 Å². The quantitative estimate of drug-likeness (QED) is 0.844. The third-order valence-corrected chi connectivity index (χ3v) is 4.86. The van der Waals surface area contributed by atoms with Gasteiger partial charge in [0.2, 0.25) is 5.91 Å². The minimum atomic E-state index is -0.750. The molecule has 0 aliphatic carbocycles. The molecule has 1 aromatic carbocycles. The average molecular weight is 328 g/mol. The van der Waals surface area contributed by atoms with Gasteiger partial charge in [-0.1, -0.05) is 11.6 Å². The summed E-state index contributed by atoms with van der Waals surface area (Å²) >= 11 is 7.45. The van der Waals surface area contributed by atoms with Crippen LogP contribution >= 0.6 is 23.4 Å². The van der Waals surface area contributed by atoms with Gasteiger partial charge in [0.15, 0.2) is 0 Å². The Bertz CT molecular complexity index is 498. The molecule has 0 atom stereocenters. The Morgan fingerprint density at radius 3 is 2.43 bits per heavy atom. The Morgan fingerprint density at radius 2 is 1.86 bits per heavy atom. The van der Waals surface area contributed by atoms with Crippen LogP contribution in [0.2, 0.25) is 5.02 Å². The van der Waals surface area contributed by atoms with Crippen molar-refractivity contribution in [1.82, 2.24) is 4.90 Å². The summed E-state index contributed by atoms with van der Waals surface area (Å²) in [4.78, 5) is 25.8. The predicted octanol–water partition coefficient (Wildman–Crippen LogP) is 3.15. The van der Waals surface area contributed by atoms with E-state index in [-0.39, 0.29) is 11.8 Å². The van der Waals surface area contributed by atoms with Crippen molar-refractivity contribution in [2.75, 3.05) is 18.8 Å². The highest BCUT2D eigenvalue weighted by molar-refractivity contribution is 7.99. The lowest BCUT2D eigenvalue weighted by molar-refractivity contribution is -0.145. The highest BCUT2D eigenvalue weighted by Crippen LogP contribution is 2.22. The molecule has 1 N–H and O–H groups in total. The van der Waals surface area contributed by atoms with Crippen molar-refractivity contribution < 1.29 is 14.7 Å². The number of halogens is 1. The maximum atomic E-state index is 12.1. The van der Waals surface area contributed by atoms with Crippen LogP contribution in [-0.4, -0.2) is 40.7 Å². The summed E-state index contributed by atoms with van der Waals surface area (Å²) in [6.07, 6.45) is 1.60.